The molecule has 0 bridgehead atoms. The highest BCUT2D eigenvalue weighted by atomic mass is 15.3. The van der Waals surface area contributed by atoms with Gasteiger partial charge in [0.2, 0.25) is 0 Å². The summed E-state index contributed by atoms with van der Waals surface area (Å²) in [6, 6.07) is 1.73. The van der Waals surface area contributed by atoms with Gasteiger partial charge < -0.3 is 4.90 Å². The molecule has 110 valence electrons. The fourth-order valence-corrected chi connectivity index (χ4v) is 4.31. The minimum atomic E-state index is 0.421. The van der Waals surface area contributed by atoms with Gasteiger partial charge in [-0.3, -0.25) is 4.99 Å². The lowest BCUT2D eigenvalue weighted by molar-refractivity contribution is 0.0223. The van der Waals surface area contributed by atoms with Gasteiger partial charge in [0.15, 0.2) is 0 Å². The maximum atomic E-state index is 4.92. The molecule has 0 radical (unpaired) electrons. The number of rotatable bonds is 2. The first kappa shape index (κ1) is 14.9. The Labute approximate surface area is 119 Å². The molecule has 2 heteroatoms. The van der Waals surface area contributed by atoms with E-state index in [1.54, 1.807) is 0 Å². The smallest absolute Gasteiger partial charge is 0.0997 e. The number of amidine groups is 1. The molecule has 2 aliphatic rings. The third kappa shape index (κ3) is 2.98. The van der Waals surface area contributed by atoms with Gasteiger partial charge in [0.1, 0.15) is 0 Å². The Bertz CT molecular complexity index is 341. The topological polar surface area (TPSA) is 15.6 Å². The summed E-state index contributed by atoms with van der Waals surface area (Å²) in [7, 11) is 0. The fraction of sp³-hybridized carbons (Fsp3) is 0.941. The second-order valence-corrected chi connectivity index (χ2v) is 7.73. The summed E-state index contributed by atoms with van der Waals surface area (Å²) in [6.45, 7) is 14.0. The van der Waals surface area contributed by atoms with Gasteiger partial charge in [-0.05, 0) is 58.3 Å². The monoisotopic (exact) mass is 264 g/mol. The Morgan fingerprint density at radius 3 is 2.42 bits per heavy atom. The van der Waals surface area contributed by atoms with E-state index in [-0.39, 0.29) is 0 Å². The van der Waals surface area contributed by atoms with Crippen molar-refractivity contribution in [3.63, 3.8) is 0 Å². The quantitative estimate of drug-likeness (QED) is 0.717. The van der Waals surface area contributed by atoms with Crippen molar-refractivity contribution >= 4 is 5.84 Å². The van der Waals surface area contributed by atoms with Crippen LogP contribution in [0.25, 0.3) is 0 Å². The number of hydrogen-bond acceptors (Lipinski definition) is 1. The van der Waals surface area contributed by atoms with Crippen LogP contribution in [-0.2, 0) is 0 Å². The second-order valence-electron chi connectivity index (χ2n) is 7.73. The van der Waals surface area contributed by atoms with Gasteiger partial charge in [-0.2, -0.15) is 0 Å². The van der Waals surface area contributed by atoms with Gasteiger partial charge in [-0.1, -0.05) is 20.3 Å². The van der Waals surface area contributed by atoms with E-state index in [0.29, 0.717) is 17.5 Å². The minimum absolute atomic E-state index is 0.421. The van der Waals surface area contributed by atoms with Crippen LogP contribution >= 0.6 is 0 Å². The molecule has 2 fully saturated rings. The molecule has 0 amide bonds. The molecular weight excluding hydrogens is 232 g/mol. The van der Waals surface area contributed by atoms with Gasteiger partial charge in [-0.15, -0.1) is 0 Å². The predicted molar refractivity (Wildman–Crippen MR) is 83.7 cm³/mol. The van der Waals surface area contributed by atoms with Crippen LogP contribution in [0.5, 0.6) is 0 Å². The Kier molecular flexibility index (Phi) is 4.27. The third-order valence-electron chi connectivity index (χ3n) is 5.09. The molecule has 0 N–H and O–H groups in total. The van der Waals surface area contributed by atoms with Gasteiger partial charge in [0, 0.05) is 24.5 Å². The molecule has 0 aromatic rings. The van der Waals surface area contributed by atoms with Crippen molar-refractivity contribution in [1.29, 1.82) is 0 Å². The molecule has 0 spiro atoms. The number of fused-ring (bicyclic) bond motifs is 1. The molecule has 1 heterocycles. The Hall–Kier alpha value is -0.530. The first-order chi connectivity index (χ1) is 8.83. The number of likely N-dealkylation sites (tertiary alicyclic amines) is 1. The van der Waals surface area contributed by atoms with Crippen molar-refractivity contribution < 1.29 is 0 Å². The first-order valence-corrected chi connectivity index (χ1v) is 8.18. The van der Waals surface area contributed by atoms with Crippen LogP contribution in [0.15, 0.2) is 4.99 Å². The zero-order valence-electron chi connectivity index (χ0n) is 13.7. The van der Waals surface area contributed by atoms with Crippen molar-refractivity contribution in [2.24, 2.45) is 16.3 Å². The van der Waals surface area contributed by atoms with E-state index in [2.05, 4.69) is 46.4 Å². The van der Waals surface area contributed by atoms with Crippen LogP contribution in [0.4, 0.5) is 0 Å². The normalized spacial score (nSPS) is 33.1. The average molecular weight is 264 g/mol. The van der Waals surface area contributed by atoms with Crippen LogP contribution < -0.4 is 0 Å². The SMILES string of the molecule is CC(C)/N=C1/CCC2C(CCCC2(C)C)N1C(C)C. The molecule has 2 unspecified atom stereocenters. The molecule has 0 aromatic heterocycles. The largest absolute Gasteiger partial charge is 0.355 e. The van der Waals surface area contributed by atoms with Crippen LogP contribution in [0, 0.1) is 11.3 Å². The molecule has 1 aliphatic carbocycles. The van der Waals surface area contributed by atoms with Crippen LogP contribution in [-0.4, -0.2) is 28.9 Å². The minimum Gasteiger partial charge on any atom is -0.355 e. The van der Waals surface area contributed by atoms with Gasteiger partial charge in [0.25, 0.3) is 0 Å². The maximum absolute atomic E-state index is 4.92. The lowest BCUT2D eigenvalue weighted by Gasteiger charge is -2.54. The molecule has 2 nitrogen and oxygen atoms in total. The predicted octanol–water partition coefficient (Wildman–Crippen LogP) is 4.49. The number of aliphatic imine (C=N–C) groups is 1. The van der Waals surface area contributed by atoms with E-state index in [0.717, 1.165) is 12.0 Å². The summed E-state index contributed by atoms with van der Waals surface area (Å²) in [5, 5.41) is 0. The van der Waals surface area contributed by atoms with E-state index in [4.69, 9.17) is 4.99 Å². The summed E-state index contributed by atoms with van der Waals surface area (Å²) < 4.78 is 0. The van der Waals surface area contributed by atoms with Crippen molar-refractivity contribution in [1.82, 2.24) is 4.90 Å². The zero-order chi connectivity index (χ0) is 14.2. The summed E-state index contributed by atoms with van der Waals surface area (Å²) in [5.41, 5.74) is 0.513. The van der Waals surface area contributed by atoms with Crippen LogP contribution in [0.2, 0.25) is 0 Å². The number of hydrogen-bond donors (Lipinski definition) is 0. The van der Waals surface area contributed by atoms with E-state index < -0.39 is 0 Å². The van der Waals surface area contributed by atoms with Crippen molar-refractivity contribution in [3.8, 4) is 0 Å². The molecule has 0 aromatic carbocycles. The summed E-state index contributed by atoms with van der Waals surface area (Å²) >= 11 is 0. The highest BCUT2D eigenvalue weighted by molar-refractivity contribution is 5.84. The van der Waals surface area contributed by atoms with Gasteiger partial charge >= 0.3 is 0 Å². The van der Waals surface area contributed by atoms with E-state index in [1.807, 2.05) is 0 Å². The molecule has 19 heavy (non-hydrogen) atoms. The average Bonchev–Trinajstić information content (AvgIpc) is 2.26. The lowest BCUT2D eigenvalue weighted by Crippen LogP contribution is -2.57. The first-order valence-electron chi connectivity index (χ1n) is 8.18. The van der Waals surface area contributed by atoms with Crippen molar-refractivity contribution in [3.05, 3.63) is 0 Å². The maximum Gasteiger partial charge on any atom is 0.0997 e. The fourth-order valence-electron chi connectivity index (χ4n) is 4.31. The standard InChI is InChI=1S/C17H32N2/c1-12(2)18-16-10-9-14-15(19(16)13(3)4)8-7-11-17(14,5)6/h12-15H,7-11H2,1-6H3/b18-16-. The molecule has 1 saturated heterocycles. The Balaban J connectivity index is 2.28. The number of piperidine rings is 1. The van der Waals surface area contributed by atoms with Gasteiger partial charge in [0.05, 0.1) is 5.84 Å². The molecule has 1 aliphatic heterocycles. The molecular formula is C17H32N2. The Morgan fingerprint density at radius 1 is 1.16 bits per heavy atom. The van der Waals surface area contributed by atoms with E-state index >= 15 is 0 Å². The summed E-state index contributed by atoms with van der Waals surface area (Å²) in [4.78, 5) is 7.58. The van der Waals surface area contributed by atoms with E-state index in [9.17, 15) is 0 Å². The van der Waals surface area contributed by atoms with Gasteiger partial charge in [-0.25, -0.2) is 0 Å². The molecule has 1 saturated carbocycles. The Morgan fingerprint density at radius 2 is 1.84 bits per heavy atom. The summed E-state index contributed by atoms with van der Waals surface area (Å²) in [6.07, 6.45) is 6.67. The highest BCUT2D eigenvalue weighted by Crippen LogP contribution is 2.47. The number of nitrogens with zero attached hydrogens (tertiary/aromatic N) is 2. The molecule has 2 atom stereocenters. The summed E-state index contributed by atoms with van der Waals surface area (Å²) in [5.74, 6) is 2.23. The van der Waals surface area contributed by atoms with Crippen LogP contribution in [0.1, 0.15) is 73.6 Å². The molecule has 2 rings (SSSR count). The zero-order valence-corrected chi connectivity index (χ0v) is 13.7. The van der Waals surface area contributed by atoms with E-state index in [1.165, 1.54) is 37.9 Å². The van der Waals surface area contributed by atoms with Crippen molar-refractivity contribution in [2.45, 2.75) is 91.8 Å². The van der Waals surface area contributed by atoms with Crippen molar-refractivity contribution in [2.75, 3.05) is 0 Å². The lowest BCUT2D eigenvalue weighted by atomic mass is 9.63. The highest BCUT2D eigenvalue weighted by Gasteiger charge is 2.45. The van der Waals surface area contributed by atoms with Crippen LogP contribution in [0.3, 0.4) is 0 Å². The third-order valence-corrected chi connectivity index (χ3v) is 5.09. The second kappa shape index (κ2) is 5.46.